The average Bonchev–Trinajstić information content (AvgIpc) is 3.34. The van der Waals surface area contributed by atoms with Crippen molar-refractivity contribution in [2.75, 3.05) is 5.32 Å². The van der Waals surface area contributed by atoms with E-state index in [-0.39, 0.29) is 16.7 Å². The highest BCUT2D eigenvalue weighted by Gasteiger charge is 2.21. The van der Waals surface area contributed by atoms with Crippen LogP contribution in [0.4, 0.5) is 14.5 Å². The summed E-state index contributed by atoms with van der Waals surface area (Å²) in [5.74, 6) is -1.22. The minimum Gasteiger partial charge on any atom is -0.322 e. The van der Waals surface area contributed by atoms with Crippen LogP contribution in [0.15, 0.2) is 72.4 Å². The summed E-state index contributed by atoms with van der Waals surface area (Å²) in [6, 6.07) is 13.8. The standard InChI is InChI=1S/C21H13ClF2N2OS/c22-17-11-15(7-8-18(17)24)25-21(27)20-19(26-9-1-2-10-26)16(12-28-20)13-3-5-14(23)6-4-13/h1-12H,(H,25,27). The maximum absolute atomic E-state index is 13.4. The predicted octanol–water partition coefficient (Wildman–Crippen LogP) is 6.39. The van der Waals surface area contributed by atoms with Crippen LogP contribution in [-0.4, -0.2) is 10.5 Å². The summed E-state index contributed by atoms with van der Waals surface area (Å²) >= 11 is 7.07. The van der Waals surface area contributed by atoms with Crippen molar-refractivity contribution in [1.82, 2.24) is 4.57 Å². The minimum atomic E-state index is -0.553. The molecule has 0 saturated carbocycles. The smallest absolute Gasteiger partial charge is 0.267 e. The molecule has 0 radical (unpaired) electrons. The number of nitrogens with zero attached hydrogens (tertiary/aromatic N) is 1. The van der Waals surface area contributed by atoms with Crippen LogP contribution in [0.25, 0.3) is 16.8 Å². The molecule has 1 N–H and O–H groups in total. The second kappa shape index (κ2) is 7.58. The van der Waals surface area contributed by atoms with Crippen LogP contribution >= 0.6 is 22.9 Å². The second-order valence-corrected chi connectivity index (χ2v) is 7.29. The maximum atomic E-state index is 13.4. The average molecular weight is 415 g/mol. The lowest BCUT2D eigenvalue weighted by atomic mass is 10.1. The first-order valence-electron chi connectivity index (χ1n) is 8.30. The molecular weight excluding hydrogens is 402 g/mol. The van der Waals surface area contributed by atoms with Gasteiger partial charge in [-0.15, -0.1) is 11.3 Å². The molecule has 0 saturated heterocycles. The number of amides is 1. The lowest BCUT2D eigenvalue weighted by Gasteiger charge is -2.10. The third kappa shape index (κ3) is 3.56. The molecule has 0 fully saturated rings. The fraction of sp³-hybridized carbons (Fsp3) is 0. The number of nitrogens with one attached hydrogen (secondary N) is 1. The summed E-state index contributed by atoms with van der Waals surface area (Å²) in [6.45, 7) is 0. The van der Waals surface area contributed by atoms with E-state index in [1.807, 2.05) is 34.5 Å². The van der Waals surface area contributed by atoms with E-state index in [1.54, 1.807) is 12.1 Å². The first-order valence-corrected chi connectivity index (χ1v) is 9.56. The Hall–Kier alpha value is -2.96. The number of rotatable bonds is 4. The van der Waals surface area contributed by atoms with E-state index >= 15 is 0 Å². The number of aromatic nitrogens is 1. The maximum Gasteiger partial charge on any atom is 0.267 e. The Morgan fingerprint density at radius 1 is 1.04 bits per heavy atom. The van der Waals surface area contributed by atoms with E-state index in [2.05, 4.69) is 5.32 Å². The molecule has 2 aromatic heterocycles. The molecule has 0 spiro atoms. The third-order valence-corrected chi connectivity index (χ3v) is 5.42. The Morgan fingerprint density at radius 3 is 2.43 bits per heavy atom. The van der Waals surface area contributed by atoms with Gasteiger partial charge in [-0.25, -0.2) is 8.78 Å². The van der Waals surface area contributed by atoms with Crippen molar-refractivity contribution in [3.05, 3.63) is 93.9 Å². The van der Waals surface area contributed by atoms with Gasteiger partial charge >= 0.3 is 0 Å². The Labute approximate surface area is 168 Å². The largest absolute Gasteiger partial charge is 0.322 e. The molecule has 140 valence electrons. The molecule has 28 heavy (non-hydrogen) atoms. The normalized spacial score (nSPS) is 10.8. The lowest BCUT2D eigenvalue weighted by Crippen LogP contribution is -2.13. The van der Waals surface area contributed by atoms with E-state index in [0.717, 1.165) is 11.1 Å². The molecule has 4 rings (SSSR count). The van der Waals surface area contributed by atoms with E-state index < -0.39 is 5.82 Å². The Kier molecular flexibility index (Phi) is 4.98. The Morgan fingerprint density at radius 2 is 1.75 bits per heavy atom. The van der Waals surface area contributed by atoms with Crippen molar-refractivity contribution < 1.29 is 13.6 Å². The summed E-state index contributed by atoms with van der Waals surface area (Å²) in [5.41, 5.74) is 2.69. The number of carbonyl (C=O) groups excluding carboxylic acids is 1. The monoisotopic (exact) mass is 414 g/mol. The van der Waals surface area contributed by atoms with Crippen molar-refractivity contribution in [1.29, 1.82) is 0 Å². The molecule has 1 amide bonds. The summed E-state index contributed by atoms with van der Waals surface area (Å²) in [7, 11) is 0. The van der Waals surface area contributed by atoms with Gasteiger partial charge in [0, 0.05) is 29.0 Å². The van der Waals surface area contributed by atoms with Crippen molar-refractivity contribution in [2.45, 2.75) is 0 Å². The molecule has 0 atom stereocenters. The molecule has 2 aromatic carbocycles. The van der Waals surface area contributed by atoms with Gasteiger partial charge in [0.2, 0.25) is 0 Å². The molecule has 3 nitrogen and oxygen atoms in total. The summed E-state index contributed by atoms with van der Waals surface area (Å²) in [4.78, 5) is 13.4. The highest BCUT2D eigenvalue weighted by atomic mass is 35.5. The van der Waals surface area contributed by atoms with Gasteiger partial charge in [0.1, 0.15) is 16.5 Å². The van der Waals surface area contributed by atoms with E-state index in [9.17, 15) is 13.6 Å². The number of benzene rings is 2. The van der Waals surface area contributed by atoms with Crippen molar-refractivity contribution in [3.63, 3.8) is 0 Å². The number of thiophene rings is 1. The molecule has 7 heteroatoms. The summed E-state index contributed by atoms with van der Waals surface area (Å²) in [6.07, 6.45) is 3.67. The van der Waals surface area contributed by atoms with Crippen LogP contribution in [-0.2, 0) is 0 Å². The topological polar surface area (TPSA) is 34.0 Å². The Balaban J connectivity index is 1.75. The SMILES string of the molecule is O=C(Nc1ccc(F)c(Cl)c1)c1scc(-c2ccc(F)cc2)c1-n1cccc1. The predicted molar refractivity (Wildman–Crippen MR) is 108 cm³/mol. The number of anilines is 1. The number of halogens is 3. The van der Waals surface area contributed by atoms with Gasteiger partial charge in [-0.3, -0.25) is 4.79 Å². The van der Waals surface area contributed by atoms with Gasteiger partial charge < -0.3 is 9.88 Å². The van der Waals surface area contributed by atoms with Crippen LogP contribution in [0.3, 0.4) is 0 Å². The summed E-state index contributed by atoms with van der Waals surface area (Å²) < 4.78 is 28.5. The highest BCUT2D eigenvalue weighted by molar-refractivity contribution is 7.13. The van der Waals surface area contributed by atoms with Crippen LogP contribution in [0.1, 0.15) is 9.67 Å². The van der Waals surface area contributed by atoms with Gasteiger partial charge in [0.05, 0.1) is 10.7 Å². The fourth-order valence-electron chi connectivity index (χ4n) is 2.85. The zero-order valence-electron chi connectivity index (χ0n) is 14.3. The molecular formula is C21H13ClF2N2OS. The first-order chi connectivity index (χ1) is 13.5. The molecule has 0 aliphatic rings. The van der Waals surface area contributed by atoms with Crippen molar-refractivity contribution in [3.8, 4) is 16.8 Å². The quantitative estimate of drug-likeness (QED) is 0.412. The van der Waals surface area contributed by atoms with Gasteiger partial charge in [-0.2, -0.15) is 0 Å². The van der Waals surface area contributed by atoms with Crippen molar-refractivity contribution in [2.24, 2.45) is 0 Å². The Bertz CT molecular complexity index is 1140. The molecule has 0 unspecified atom stereocenters. The van der Waals surface area contributed by atoms with Crippen LogP contribution < -0.4 is 5.32 Å². The molecule has 0 aliphatic heterocycles. The molecule has 2 heterocycles. The van der Waals surface area contributed by atoms with Gasteiger partial charge in [-0.05, 0) is 48.0 Å². The highest BCUT2D eigenvalue weighted by Crippen LogP contribution is 2.35. The first kappa shape index (κ1) is 18.4. The zero-order valence-corrected chi connectivity index (χ0v) is 15.9. The molecule has 4 aromatic rings. The van der Waals surface area contributed by atoms with Gasteiger partial charge in [-0.1, -0.05) is 23.7 Å². The van der Waals surface area contributed by atoms with Crippen molar-refractivity contribution >= 4 is 34.5 Å². The van der Waals surface area contributed by atoms with E-state index in [1.165, 1.54) is 41.7 Å². The number of hydrogen-bond acceptors (Lipinski definition) is 2. The number of carbonyl (C=O) groups is 1. The zero-order chi connectivity index (χ0) is 19.7. The van der Waals surface area contributed by atoms with E-state index in [4.69, 9.17) is 11.6 Å². The molecule has 0 aliphatic carbocycles. The third-order valence-electron chi connectivity index (χ3n) is 4.17. The summed E-state index contributed by atoms with van der Waals surface area (Å²) in [5, 5.41) is 4.54. The minimum absolute atomic E-state index is 0.0680. The van der Waals surface area contributed by atoms with Crippen LogP contribution in [0.2, 0.25) is 5.02 Å². The lowest BCUT2D eigenvalue weighted by molar-refractivity contribution is 0.103. The van der Waals surface area contributed by atoms with Crippen LogP contribution in [0, 0.1) is 11.6 Å². The van der Waals surface area contributed by atoms with E-state index in [0.29, 0.717) is 16.3 Å². The van der Waals surface area contributed by atoms with Gasteiger partial charge in [0.25, 0.3) is 5.91 Å². The van der Waals surface area contributed by atoms with Gasteiger partial charge in [0.15, 0.2) is 0 Å². The molecule has 0 bridgehead atoms. The number of hydrogen-bond donors (Lipinski definition) is 1. The fourth-order valence-corrected chi connectivity index (χ4v) is 4.00. The second-order valence-electron chi connectivity index (χ2n) is 6.01. The van der Waals surface area contributed by atoms with Crippen LogP contribution in [0.5, 0.6) is 0 Å².